The average molecular weight is 432 g/mol. The number of imidazole rings is 1. The maximum atomic E-state index is 12.5. The normalized spacial score (nSPS) is 10.7. The molecule has 0 aliphatic heterocycles. The SMILES string of the molecule is COc1cc(OC)c(NC(=O)CSc2nccn2-c2cc(C)cc(C)c2)cc1Cl. The molecule has 1 heterocycles. The standard InChI is InChI=1S/C21H22ClN3O3S/c1-13-7-14(2)9-15(8-13)25-6-5-23-21(25)29-12-20(26)24-17-10-16(22)18(27-3)11-19(17)28-4/h5-11H,12H2,1-4H3,(H,24,26). The zero-order valence-corrected chi connectivity index (χ0v) is 18.2. The van der Waals surface area contributed by atoms with Gasteiger partial charge >= 0.3 is 0 Å². The van der Waals surface area contributed by atoms with E-state index in [1.54, 1.807) is 18.3 Å². The predicted octanol–water partition coefficient (Wildman–Crippen LogP) is 4.89. The van der Waals surface area contributed by atoms with Crippen LogP contribution in [0.1, 0.15) is 11.1 Å². The third kappa shape index (κ3) is 5.05. The fraction of sp³-hybridized carbons (Fsp3) is 0.238. The number of ether oxygens (including phenoxy) is 2. The smallest absolute Gasteiger partial charge is 0.234 e. The van der Waals surface area contributed by atoms with Crippen molar-refractivity contribution in [2.24, 2.45) is 0 Å². The molecule has 0 aliphatic rings. The van der Waals surface area contributed by atoms with E-state index in [4.69, 9.17) is 21.1 Å². The van der Waals surface area contributed by atoms with Crippen LogP contribution in [0, 0.1) is 13.8 Å². The summed E-state index contributed by atoms with van der Waals surface area (Å²) in [6, 6.07) is 9.54. The number of methoxy groups -OCH3 is 2. The van der Waals surface area contributed by atoms with E-state index in [0.29, 0.717) is 22.2 Å². The molecule has 0 radical (unpaired) electrons. The van der Waals surface area contributed by atoms with Gasteiger partial charge in [0.15, 0.2) is 5.16 Å². The maximum absolute atomic E-state index is 12.5. The van der Waals surface area contributed by atoms with Crippen LogP contribution < -0.4 is 14.8 Å². The first-order valence-electron chi connectivity index (χ1n) is 8.87. The molecule has 29 heavy (non-hydrogen) atoms. The number of rotatable bonds is 7. The lowest BCUT2D eigenvalue weighted by Crippen LogP contribution is -2.15. The van der Waals surface area contributed by atoms with Gasteiger partial charge in [-0.15, -0.1) is 0 Å². The second-order valence-corrected chi connectivity index (χ2v) is 7.80. The van der Waals surface area contributed by atoms with Gasteiger partial charge in [0.25, 0.3) is 0 Å². The summed E-state index contributed by atoms with van der Waals surface area (Å²) < 4.78 is 12.5. The Morgan fingerprint density at radius 2 is 1.79 bits per heavy atom. The Balaban J connectivity index is 1.71. The fourth-order valence-electron chi connectivity index (χ4n) is 2.96. The Labute approximate surface area is 179 Å². The molecule has 0 saturated heterocycles. The Morgan fingerprint density at radius 3 is 2.45 bits per heavy atom. The van der Waals surface area contributed by atoms with E-state index >= 15 is 0 Å². The number of amides is 1. The minimum atomic E-state index is -0.190. The van der Waals surface area contributed by atoms with Crippen molar-refractivity contribution in [3.63, 3.8) is 0 Å². The Kier molecular flexibility index (Phi) is 6.71. The van der Waals surface area contributed by atoms with Gasteiger partial charge < -0.3 is 14.8 Å². The summed E-state index contributed by atoms with van der Waals surface area (Å²) in [5.41, 5.74) is 3.85. The third-order valence-electron chi connectivity index (χ3n) is 4.17. The molecule has 1 aromatic heterocycles. The fourth-order valence-corrected chi connectivity index (χ4v) is 3.97. The topological polar surface area (TPSA) is 65.4 Å². The number of anilines is 1. The number of carbonyl (C=O) groups excluding carboxylic acids is 1. The van der Waals surface area contributed by atoms with Crippen LogP contribution in [0.15, 0.2) is 47.9 Å². The van der Waals surface area contributed by atoms with Crippen LogP contribution in [0.2, 0.25) is 5.02 Å². The number of halogens is 1. The molecule has 1 amide bonds. The van der Waals surface area contributed by atoms with Crippen molar-refractivity contribution in [2.45, 2.75) is 19.0 Å². The number of hydrogen-bond donors (Lipinski definition) is 1. The first-order chi connectivity index (χ1) is 13.9. The number of aryl methyl sites for hydroxylation is 2. The zero-order valence-electron chi connectivity index (χ0n) is 16.7. The van der Waals surface area contributed by atoms with Gasteiger partial charge in [0.2, 0.25) is 5.91 Å². The largest absolute Gasteiger partial charge is 0.495 e. The van der Waals surface area contributed by atoms with Gasteiger partial charge in [-0.2, -0.15) is 0 Å². The van der Waals surface area contributed by atoms with Gasteiger partial charge in [-0.1, -0.05) is 29.4 Å². The third-order valence-corrected chi connectivity index (χ3v) is 5.43. The van der Waals surface area contributed by atoms with E-state index in [1.807, 2.05) is 10.8 Å². The van der Waals surface area contributed by atoms with Crippen LogP contribution in [-0.2, 0) is 4.79 Å². The number of aromatic nitrogens is 2. The van der Waals surface area contributed by atoms with E-state index in [-0.39, 0.29) is 11.7 Å². The second kappa shape index (κ2) is 9.24. The molecule has 6 nitrogen and oxygen atoms in total. The minimum Gasteiger partial charge on any atom is -0.495 e. The number of nitrogens with one attached hydrogen (secondary N) is 1. The molecule has 0 fully saturated rings. The summed E-state index contributed by atoms with van der Waals surface area (Å²) in [5.74, 6) is 0.950. The van der Waals surface area contributed by atoms with Gasteiger partial charge in [0.1, 0.15) is 11.5 Å². The van der Waals surface area contributed by atoms with Crippen LogP contribution in [0.3, 0.4) is 0 Å². The molecule has 8 heteroatoms. The van der Waals surface area contributed by atoms with Crippen LogP contribution in [0.25, 0.3) is 5.69 Å². The highest BCUT2D eigenvalue weighted by Gasteiger charge is 2.14. The van der Waals surface area contributed by atoms with Crippen LogP contribution in [-0.4, -0.2) is 35.4 Å². The maximum Gasteiger partial charge on any atom is 0.234 e. The average Bonchev–Trinajstić information content (AvgIpc) is 3.14. The minimum absolute atomic E-state index is 0.189. The summed E-state index contributed by atoms with van der Waals surface area (Å²) >= 11 is 7.52. The highest BCUT2D eigenvalue weighted by atomic mass is 35.5. The Morgan fingerprint density at radius 1 is 1.10 bits per heavy atom. The second-order valence-electron chi connectivity index (χ2n) is 6.45. The molecule has 1 N–H and O–H groups in total. The summed E-state index contributed by atoms with van der Waals surface area (Å²) in [4.78, 5) is 16.9. The van der Waals surface area contributed by atoms with Gasteiger partial charge in [0.05, 0.1) is 30.7 Å². The van der Waals surface area contributed by atoms with Crippen LogP contribution >= 0.6 is 23.4 Å². The zero-order chi connectivity index (χ0) is 21.0. The van der Waals surface area contributed by atoms with Gasteiger partial charge in [-0.3, -0.25) is 9.36 Å². The van der Waals surface area contributed by atoms with E-state index in [0.717, 1.165) is 10.8 Å². The van der Waals surface area contributed by atoms with E-state index < -0.39 is 0 Å². The quantitative estimate of drug-likeness (QED) is 0.539. The van der Waals surface area contributed by atoms with Crippen molar-refractivity contribution in [2.75, 3.05) is 25.3 Å². The molecule has 0 atom stereocenters. The van der Waals surface area contributed by atoms with Gasteiger partial charge in [0, 0.05) is 24.1 Å². The van der Waals surface area contributed by atoms with Gasteiger partial charge in [-0.25, -0.2) is 4.98 Å². The molecule has 3 rings (SSSR count). The summed E-state index contributed by atoms with van der Waals surface area (Å²) in [5, 5.41) is 3.96. The van der Waals surface area contributed by atoms with Crippen molar-refractivity contribution >= 4 is 35.0 Å². The molecule has 0 unspecified atom stereocenters. The lowest BCUT2D eigenvalue weighted by atomic mass is 10.1. The van der Waals surface area contributed by atoms with Crippen molar-refractivity contribution in [1.82, 2.24) is 9.55 Å². The molecule has 0 spiro atoms. The number of benzene rings is 2. The molecule has 0 saturated carbocycles. The van der Waals surface area contributed by atoms with Crippen LogP contribution in [0.5, 0.6) is 11.5 Å². The van der Waals surface area contributed by atoms with E-state index in [9.17, 15) is 4.79 Å². The highest BCUT2D eigenvalue weighted by molar-refractivity contribution is 7.99. The summed E-state index contributed by atoms with van der Waals surface area (Å²) in [6.07, 6.45) is 3.62. The van der Waals surface area contributed by atoms with Gasteiger partial charge in [-0.05, 0) is 43.2 Å². The molecule has 2 aromatic carbocycles. The Bertz CT molecular complexity index is 1020. The first-order valence-corrected chi connectivity index (χ1v) is 10.2. The Hall–Kier alpha value is -2.64. The van der Waals surface area contributed by atoms with Crippen molar-refractivity contribution in [1.29, 1.82) is 0 Å². The van der Waals surface area contributed by atoms with Crippen LogP contribution in [0.4, 0.5) is 5.69 Å². The summed E-state index contributed by atoms with van der Waals surface area (Å²) in [7, 11) is 3.04. The predicted molar refractivity (Wildman–Crippen MR) is 117 cm³/mol. The molecule has 152 valence electrons. The molecular formula is C21H22ClN3O3S. The number of nitrogens with zero attached hydrogens (tertiary/aromatic N) is 2. The van der Waals surface area contributed by atoms with Crippen molar-refractivity contribution in [3.05, 3.63) is 58.9 Å². The monoisotopic (exact) mass is 431 g/mol. The van der Waals surface area contributed by atoms with Crippen molar-refractivity contribution < 1.29 is 14.3 Å². The molecule has 0 aliphatic carbocycles. The first kappa shape index (κ1) is 21.1. The molecule has 3 aromatic rings. The summed E-state index contributed by atoms with van der Waals surface area (Å²) in [6.45, 7) is 4.11. The highest BCUT2D eigenvalue weighted by Crippen LogP contribution is 2.36. The number of hydrogen-bond acceptors (Lipinski definition) is 5. The van der Waals surface area contributed by atoms with E-state index in [2.05, 4.69) is 42.3 Å². The van der Waals surface area contributed by atoms with E-state index in [1.165, 1.54) is 37.1 Å². The van der Waals surface area contributed by atoms with Crippen molar-refractivity contribution in [3.8, 4) is 17.2 Å². The lowest BCUT2D eigenvalue weighted by molar-refractivity contribution is -0.113. The molecular weight excluding hydrogens is 410 g/mol. The number of thioether (sulfide) groups is 1. The molecule has 0 bridgehead atoms. The lowest BCUT2D eigenvalue weighted by Gasteiger charge is -2.13. The number of carbonyl (C=O) groups is 1.